The van der Waals surface area contributed by atoms with Gasteiger partial charge >= 0.3 is 0 Å². The molecular weight excluding hydrogens is 196 g/mol. The molecule has 1 saturated heterocycles. The number of hydrogen-bond donors (Lipinski definition) is 1. The monoisotopic (exact) mass is 218 g/mol. The maximum absolute atomic E-state index is 3.25. The Hall–Kier alpha value is -1.02. The van der Waals surface area contributed by atoms with Gasteiger partial charge in [-0.05, 0) is 37.9 Å². The Balaban J connectivity index is 2.24. The van der Waals surface area contributed by atoms with E-state index in [2.05, 4.69) is 41.4 Å². The summed E-state index contributed by atoms with van der Waals surface area (Å²) >= 11 is 0. The van der Waals surface area contributed by atoms with E-state index in [0.29, 0.717) is 0 Å². The molecule has 0 aromatic heterocycles. The van der Waals surface area contributed by atoms with Crippen LogP contribution in [0.25, 0.3) is 0 Å². The normalized spacial score (nSPS) is 20.4. The van der Waals surface area contributed by atoms with Crippen LogP contribution in [0.4, 0.5) is 5.69 Å². The van der Waals surface area contributed by atoms with Gasteiger partial charge in [0.25, 0.3) is 0 Å². The van der Waals surface area contributed by atoms with Crippen LogP contribution in [-0.2, 0) is 6.54 Å². The van der Waals surface area contributed by atoms with Crippen molar-refractivity contribution in [2.45, 2.75) is 38.8 Å². The van der Waals surface area contributed by atoms with Crippen molar-refractivity contribution in [3.63, 3.8) is 0 Å². The minimum atomic E-state index is 0.748. The predicted molar refractivity (Wildman–Crippen MR) is 69.9 cm³/mol. The first-order valence-corrected chi connectivity index (χ1v) is 6.36. The highest BCUT2D eigenvalue weighted by Gasteiger charge is 2.24. The van der Waals surface area contributed by atoms with Gasteiger partial charge in [-0.25, -0.2) is 0 Å². The molecule has 1 aliphatic heterocycles. The third-order valence-corrected chi connectivity index (χ3v) is 3.52. The summed E-state index contributed by atoms with van der Waals surface area (Å²) in [6.45, 7) is 4.48. The van der Waals surface area contributed by atoms with E-state index in [0.717, 1.165) is 12.6 Å². The predicted octanol–water partition coefficient (Wildman–Crippen LogP) is 2.78. The third kappa shape index (κ3) is 2.22. The number of hydrogen-bond acceptors (Lipinski definition) is 2. The smallest absolute Gasteiger partial charge is 0.0414 e. The van der Waals surface area contributed by atoms with E-state index in [1.54, 1.807) is 0 Å². The van der Waals surface area contributed by atoms with Crippen molar-refractivity contribution >= 4 is 5.69 Å². The zero-order valence-corrected chi connectivity index (χ0v) is 10.4. The number of para-hydroxylation sites is 1. The van der Waals surface area contributed by atoms with E-state index in [-0.39, 0.29) is 0 Å². The molecule has 88 valence electrons. The highest BCUT2D eigenvalue weighted by atomic mass is 15.2. The number of nitrogens with zero attached hydrogens (tertiary/aromatic N) is 1. The summed E-state index contributed by atoms with van der Waals surface area (Å²) in [7, 11) is 2.01. The molecule has 0 amide bonds. The lowest BCUT2D eigenvalue weighted by molar-refractivity contribution is 0.642. The molecule has 0 aliphatic carbocycles. The quantitative estimate of drug-likeness (QED) is 0.836. The summed E-state index contributed by atoms with van der Waals surface area (Å²) in [5.41, 5.74) is 2.85. The molecular formula is C14H22N2. The second-order valence-electron chi connectivity index (χ2n) is 4.56. The molecule has 1 aliphatic rings. The van der Waals surface area contributed by atoms with Gasteiger partial charge < -0.3 is 10.2 Å². The Morgan fingerprint density at radius 3 is 2.94 bits per heavy atom. The van der Waals surface area contributed by atoms with E-state index < -0.39 is 0 Å². The zero-order chi connectivity index (χ0) is 11.4. The maximum Gasteiger partial charge on any atom is 0.0414 e. The van der Waals surface area contributed by atoms with Crippen molar-refractivity contribution in [3.05, 3.63) is 29.8 Å². The van der Waals surface area contributed by atoms with Crippen molar-refractivity contribution in [2.75, 3.05) is 18.5 Å². The summed E-state index contributed by atoms with van der Waals surface area (Å²) < 4.78 is 0. The van der Waals surface area contributed by atoms with Gasteiger partial charge in [-0.2, -0.15) is 0 Å². The van der Waals surface area contributed by atoms with Gasteiger partial charge in [0.15, 0.2) is 0 Å². The summed E-state index contributed by atoms with van der Waals surface area (Å²) in [6.07, 6.45) is 3.95. The largest absolute Gasteiger partial charge is 0.368 e. The van der Waals surface area contributed by atoms with E-state index in [1.807, 2.05) is 7.05 Å². The molecule has 1 fully saturated rings. The molecule has 2 nitrogen and oxygen atoms in total. The number of anilines is 1. The molecule has 1 aromatic rings. The molecule has 1 unspecified atom stereocenters. The highest BCUT2D eigenvalue weighted by molar-refractivity contribution is 5.55. The van der Waals surface area contributed by atoms with E-state index in [9.17, 15) is 0 Å². The van der Waals surface area contributed by atoms with Crippen LogP contribution in [0.2, 0.25) is 0 Å². The van der Waals surface area contributed by atoms with Gasteiger partial charge in [-0.3, -0.25) is 0 Å². The lowest BCUT2D eigenvalue weighted by atomic mass is 10.1. The third-order valence-electron chi connectivity index (χ3n) is 3.52. The van der Waals surface area contributed by atoms with Gasteiger partial charge in [-0.15, -0.1) is 0 Å². The van der Waals surface area contributed by atoms with Gasteiger partial charge in [-0.1, -0.05) is 25.1 Å². The number of benzene rings is 1. The Labute approximate surface area is 98.7 Å². The Kier molecular flexibility index (Phi) is 3.83. The lowest BCUT2D eigenvalue weighted by Crippen LogP contribution is -2.29. The minimum absolute atomic E-state index is 0.748. The van der Waals surface area contributed by atoms with Crippen molar-refractivity contribution in [2.24, 2.45) is 0 Å². The molecule has 0 radical (unpaired) electrons. The van der Waals surface area contributed by atoms with E-state index in [4.69, 9.17) is 0 Å². The Morgan fingerprint density at radius 2 is 2.19 bits per heavy atom. The van der Waals surface area contributed by atoms with Crippen LogP contribution in [0.3, 0.4) is 0 Å². The Morgan fingerprint density at radius 1 is 1.38 bits per heavy atom. The van der Waals surface area contributed by atoms with Crippen LogP contribution in [-0.4, -0.2) is 19.6 Å². The fourth-order valence-corrected chi connectivity index (χ4v) is 2.71. The van der Waals surface area contributed by atoms with Gasteiger partial charge in [0.05, 0.1) is 0 Å². The average Bonchev–Trinajstić information content (AvgIpc) is 2.78. The van der Waals surface area contributed by atoms with Crippen LogP contribution < -0.4 is 10.2 Å². The second kappa shape index (κ2) is 5.35. The first-order valence-electron chi connectivity index (χ1n) is 6.36. The van der Waals surface area contributed by atoms with Gasteiger partial charge in [0.1, 0.15) is 0 Å². The molecule has 2 heteroatoms. The van der Waals surface area contributed by atoms with Crippen LogP contribution >= 0.6 is 0 Å². The van der Waals surface area contributed by atoms with Crippen LogP contribution in [0.15, 0.2) is 24.3 Å². The molecule has 0 spiro atoms. The topological polar surface area (TPSA) is 15.3 Å². The Bertz CT molecular complexity index is 335. The average molecular weight is 218 g/mol. The molecule has 1 atom stereocenters. The SMILES string of the molecule is CCC1CCCN1c1ccccc1CNC. The second-order valence-corrected chi connectivity index (χ2v) is 4.56. The zero-order valence-electron chi connectivity index (χ0n) is 10.4. The van der Waals surface area contributed by atoms with Gasteiger partial charge in [0, 0.05) is 24.8 Å². The number of nitrogens with one attached hydrogen (secondary N) is 1. The van der Waals surface area contributed by atoms with Crippen molar-refractivity contribution in [3.8, 4) is 0 Å². The van der Waals surface area contributed by atoms with Crippen molar-refractivity contribution in [1.82, 2.24) is 5.32 Å². The van der Waals surface area contributed by atoms with Crippen LogP contribution in [0.5, 0.6) is 0 Å². The highest BCUT2D eigenvalue weighted by Crippen LogP contribution is 2.29. The first-order chi connectivity index (χ1) is 7.86. The number of rotatable bonds is 4. The maximum atomic E-state index is 3.25. The fraction of sp³-hybridized carbons (Fsp3) is 0.571. The lowest BCUT2D eigenvalue weighted by Gasteiger charge is -2.28. The standard InChI is InChI=1S/C14H22N2/c1-3-13-8-6-10-16(13)14-9-5-4-7-12(14)11-15-2/h4-5,7,9,13,15H,3,6,8,10-11H2,1-2H3. The summed E-state index contributed by atoms with van der Waals surface area (Å²) in [6, 6.07) is 9.53. The van der Waals surface area contributed by atoms with Gasteiger partial charge in [0.2, 0.25) is 0 Å². The molecule has 0 saturated carbocycles. The molecule has 1 N–H and O–H groups in total. The molecule has 16 heavy (non-hydrogen) atoms. The summed E-state index contributed by atoms with van der Waals surface area (Å²) in [4.78, 5) is 2.59. The van der Waals surface area contributed by atoms with E-state index in [1.165, 1.54) is 37.1 Å². The van der Waals surface area contributed by atoms with Crippen LogP contribution in [0.1, 0.15) is 31.7 Å². The summed E-state index contributed by atoms with van der Waals surface area (Å²) in [5, 5.41) is 3.25. The fourth-order valence-electron chi connectivity index (χ4n) is 2.71. The molecule has 1 aromatic carbocycles. The van der Waals surface area contributed by atoms with Crippen LogP contribution in [0, 0.1) is 0 Å². The molecule has 0 bridgehead atoms. The van der Waals surface area contributed by atoms with Crippen molar-refractivity contribution in [1.29, 1.82) is 0 Å². The summed E-state index contributed by atoms with van der Waals surface area (Å²) in [5.74, 6) is 0. The first kappa shape index (κ1) is 11.5. The molecule has 1 heterocycles. The minimum Gasteiger partial charge on any atom is -0.368 e. The van der Waals surface area contributed by atoms with E-state index >= 15 is 0 Å². The van der Waals surface area contributed by atoms with Crippen molar-refractivity contribution < 1.29 is 0 Å². The molecule has 2 rings (SSSR count).